The van der Waals surface area contributed by atoms with E-state index in [1.165, 1.54) is 37.4 Å². The van der Waals surface area contributed by atoms with Gasteiger partial charge in [-0.1, -0.05) is 12.1 Å². The molecule has 0 unspecified atom stereocenters. The van der Waals surface area contributed by atoms with Crippen molar-refractivity contribution < 1.29 is 22.7 Å². The molecule has 2 amide bonds. The van der Waals surface area contributed by atoms with E-state index < -0.39 is 15.9 Å². The van der Waals surface area contributed by atoms with Gasteiger partial charge in [0.1, 0.15) is 5.75 Å². The van der Waals surface area contributed by atoms with Crippen LogP contribution in [0.4, 0.5) is 5.69 Å². The van der Waals surface area contributed by atoms with Gasteiger partial charge in [-0.2, -0.15) is 0 Å². The Morgan fingerprint density at radius 2 is 1.69 bits per heavy atom. The predicted octanol–water partition coefficient (Wildman–Crippen LogP) is 2.16. The smallest absolute Gasteiger partial charge is 0.268 e. The summed E-state index contributed by atoms with van der Waals surface area (Å²) < 4.78 is 31.9. The van der Waals surface area contributed by atoms with Crippen LogP contribution in [-0.4, -0.2) is 27.3 Å². The van der Waals surface area contributed by atoms with Crippen molar-refractivity contribution in [2.24, 2.45) is 5.92 Å². The van der Waals surface area contributed by atoms with Crippen molar-refractivity contribution in [2.45, 2.75) is 17.7 Å². The fourth-order valence-corrected chi connectivity index (χ4v) is 3.34. The van der Waals surface area contributed by atoms with E-state index >= 15 is 0 Å². The molecule has 0 heterocycles. The molecule has 0 bridgehead atoms. The average molecular weight is 374 g/mol. The first kappa shape index (κ1) is 17.9. The summed E-state index contributed by atoms with van der Waals surface area (Å²) in [7, 11) is -2.65. The average Bonchev–Trinajstić information content (AvgIpc) is 3.47. The summed E-state index contributed by atoms with van der Waals surface area (Å²) in [6.07, 6.45) is 1.76. The van der Waals surface area contributed by atoms with E-state index in [2.05, 4.69) is 5.32 Å². The van der Waals surface area contributed by atoms with Crippen LogP contribution in [0.3, 0.4) is 0 Å². The number of carbonyl (C=O) groups is 2. The van der Waals surface area contributed by atoms with Crippen LogP contribution in [0.2, 0.25) is 0 Å². The van der Waals surface area contributed by atoms with Crippen molar-refractivity contribution in [1.82, 2.24) is 4.72 Å². The highest BCUT2D eigenvalue weighted by Gasteiger charge is 2.29. The molecule has 0 aromatic heterocycles. The van der Waals surface area contributed by atoms with Crippen LogP contribution in [0, 0.1) is 5.92 Å². The maximum atomic E-state index is 12.4. The number of amides is 2. The zero-order valence-electron chi connectivity index (χ0n) is 14.1. The minimum absolute atomic E-state index is 0.0542. The van der Waals surface area contributed by atoms with Gasteiger partial charge in [-0.25, -0.2) is 13.1 Å². The highest BCUT2D eigenvalue weighted by molar-refractivity contribution is 7.90. The van der Waals surface area contributed by atoms with E-state index in [9.17, 15) is 18.0 Å². The molecule has 8 heteroatoms. The Bertz CT molecular complexity index is 934. The fraction of sp³-hybridized carbons (Fsp3) is 0.222. The molecule has 3 rings (SSSR count). The second-order valence-electron chi connectivity index (χ2n) is 5.92. The van der Waals surface area contributed by atoms with E-state index in [1.54, 1.807) is 18.2 Å². The minimum atomic E-state index is -4.05. The third-order valence-corrected chi connectivity index (χ3v) is 5.31. The van der Waals surface area contributed by atoms with E-state index in [1.807, 2.05) is 4.72 Å². The molecule has 0 saturated heterocycles. The molecule has 2 aromatic rings. The number of para-hydroxylation sites is 1. The van der Waals surface area contributed by atoms with E-state index in [0.29, 0.717) is 5.69 Å². The van der Waals surface area contributed by atoms with Crippen LogP contribution in [0.1, 0.15) is 23.2 Å². The molecule has 1 fully saturated rings. The van der Waals surface area contributed by atoms with Gasteiger partial charge in [0.05, 0.1) is 17.6 Å². The number of hydrogen-bond donors (Lipinski definition) is 2. The monoisotopic (exact) mass is 374 g/mol. The number of hydrogen-bond acceptors (Lipinski definition) is 5. The molecule has 7 nitrogen and oxygen atoms in total. The van der Waals surface area contributed by atoms with Gasteiger partial charge in [-0.05, 0) is 49.2 Å². The quantitative estimate of drug-likeness (QED) is 0.807. The fourth-order valence-electron chi connectivity index (χ4n) is 2.38. The Labute approximate surface area is 151 Å². The lowest BCUT2D eigenvalue weighted by Gasteiger charge is -2.10. The summed E-state index contributed by atoms with van der Waals surface area (Å²) in [6, 6.07) is 12.0. The molecule has 26 heavy (non-hydrogen) atoms. The summed E-state index contributed by atoms with van der Waals surface area (Å²) in [5.74, 6) is -0.518. The van der Waals surface area contributed by atoms with Crippen molar-refractivity contribution >= 4 is 27.5 Å². The second kappa shape index (κ2) is 7.17. The zero-order valence-corrected chi connectivity index (χ0v) is 14.9. The molecule has 1 aliphatic carbocycles. The standard InChI is InChI=1S/C18H18N2O5S/c1-25-16-5-3-2-4-15(16)18(22)20-26(23,24)14-10-8-13(9-11-14)19-17(21)12-6-7-12/h2-5,8-12H,6-7H2,1H3,(H,19,21)(H,20,22). The van der Waals surface area contributed by atoms with Crippen molar-refractivity contribution in [3.8, 4) is 5.75 Å². The number of ether oxygens (including phenoxy) is 1. The molecule has 0 spiro atoms. The molecule has 0 atom stereocenters. The van der Waals surface area contributed by atoms with Crippen molar-refractivity contribution in [3.05, 3.63) is 54.1 Å². The lowest BCUT2D eigenvalue weighted by Crippen LogP contribution is -2.30. The van der Waals surface area contributed by atoms with Crippen LogP contribution >= 0.6 is 0 Å². The summed E-state index contributed by atoms with van der Waals surface area (Å²) in [5, 5.41) is 2.73. The summed E-state index contributed by atoms with van der Waals surface area (Å²) in [4.78, 5) is 23.9. The first-order valence-corrected chi connectivity index (χ1v) is 9.50. The molecule has 136 valence electrons. The number of carbonyl (C=O) groups excluding carboxylic acids is 2. The zero-order chi connectivity index (χ0) is 18.7. The van der Waals surface area contributed by atoms with E-state index in [-0.39, 0.29) is 28.0 Å². The van der Waals surface area contributed by atoms with Crippen LogP contribution < -0.4 is 14.8 Å². The molecule has 0 aliphatic heterocycles. The largest absolute Gasteiger partial charge is 0.496 e. The number of benzene rings is 2. The second-order valence-corrected chi connectivity index (χ2v) is 7.61. The summed E-state index contributed by atoms with van der Waals surface area (Å²) in [5.41, 5.74) is 0.629. The van der Waals surface area contributed by atoms with Crippen LogP contribution in [0.25, 0.3) is 0 Å². The molecular formula is C18H18N2O5S. The van der Waals surface area contributed by atoms with Crippen LogP contribution in [-0.2, 0) is 14.8 Å². The molecular weight excluding hydrogens is 356 g/mol. The highest BCUT2D eigenvalue weighted by atomic mass is 32.2. The number of nitrogens with one attached hydrogen (secondary N) is 2. The minimum Gasteiger partial charge on any atom is -0.496 e. The van der Waals surface area contributed by atoms with Gasteiger partial charge in [0.15, 0.2) is 0 Å². The van der Waals surface area contributed by atoms with Crippen LogP contribution in [0.5, 0.6) is 5.75 Å². The lowest BCUT2D eigenvalue weighted by atomic mass is 10.2. The van der Waals surface area contributed by atoms with Gasteiger partial charge in [0, 0.05) is 11.6 Å². The molecule has 1 aliphatic rings. The Balaban J connectivity index is 1.73. The molecule has 2 N–H and O–H groups in total. The van der Waals surface area contributed by atoms with Gasteiger partial charge in [0.2, 0.25) is 5.91 Å². The Morgan fingerprint density at radius 1 is 1.04 bits per heavy atom. The van der Waals surface area contributed by atoms with Gasteiger partial charge in [0.25, 0.3) is 15.9 Å². The number of methoxy groups -OCH3 is 1. The predicted molar refractivity (Wildman–Crippen MR) is 95.4 cm³/mol. The normalized spacial score (nSPS) is 13.7. The van der Waals surface area contributed by atoms with Gasteiger partial charge < -0.3 is 10.1 Å². The Morgan fingerprint density at radius 3 is 2.31 bits per heavy atom. The Hall–Kier alpha value is -2.87. The molecule has 2 aromatic carbocycles. The van der Waals surface area contributed by atoms with Gasteiger partial charge in [-0.15, -0.1) is 0 Å². The van der Waals surface area contributed by atoms with E-state index in [4.69, 9.17) is 4.74 Å². The number of rotatable bonds is 6. The van der Waals surface area contributed by atoms with Crippen molar-refractivity contribution in [2.75, 3.05) is 12.4 Å². The molecule has 1 saturated carbocycles. The highest BCUT2D eigenvalue weighted by Crippen LogP contribution is 2.30. The number of anilines is 1. The molecule has 0 radical (unpaired) electrons. The first-order valence-electron chi connectivity index (χ1n) is 8.02. The van der Waals surface area contributed by atoms with Crippen LogP contribution in [0.15, 0.2) is 53.4 Å². The van der Waals surface area contributed by atoms with Gasteiger partial charge in [-0.3, -0.25) is 9.59 Å². The SMILES string of the molecule is COc1ccccc1C(=O)NS(=O)(=O)c1ccc(NC(=O)C2CC2)cc1. The third kappa shape index (κ3) is 4.02. The van der Waals surface area contributed by atoms with Gasteiger partial charge >= 0.3 is 0 Å². The number of sulfonamides is 1. The lowest BCUT2D eigenvalue weighted by molar-refractivity contribution is -0.117. The Kier molecular flexibility index (Phi) is 4.94. The van der Waals surface area contributed by atoms with Crippen molar-refractivity contribution in [3.63, 3.8) is 0 Å². The third-order valence-electron chi connectivity index (χ3n) is 3.96. The van der Waals surface area contributed by atoms with Crippen molar-refractivity contribution in [1.29, 1.82) is 0 Å². The summed E-state index contributed by atoms with van der Waals surface area (Å²) >= 11 is 0. The topological polar surface area (TPSA) is 102 Å². The first-order chi connectivity index (χ1) is 12.4. The maximum Gasteiger partial charge on any atom is 0.268 e. The maximum absolute atomic E-state index is 12.4. The summed E-state index contributed by atoms with van der Waals surface area (Å²) in [6.45, 7) is 0. The van der Waals surface area contributed by atoms with E-state index in [0.717, 1.165) is 12.8 Å².